The van der Waals surface area contributed by atoms with E-state index < -0.39 is 11.9 Å². The van der Waals surface area contributed by atoms with Crippen LogP contribution in [-0.4, -0.2) is 18.8 Å². The number of methoxy groups -OCH3 is 1. The van der Waals surface area contributed by atoms with Crippen molar-refractivity contribution >= 4 is 11.6 Å². The maximum Gasteiger partial charge on any atom is 0.130 e. The summed E-state index contributed by atoms with van der Waals surface area (Å²) in [6.45, 7) is 0.0680. The van der Waals surface area contributed by atoms with Gasteiger partial charge in [0.2, 0.25) is 0 Å². The minimum Gasteiger partial charge on any atom is -0.386 e. The lowest BCUT2D eigenvalue weighted by Gasteiger charge is -2.10. The maximum absolute atomic E-state index is 13.1. The topological polar surface area (TPSA) is 29.5 Å². The normalized spacial score (nSPS) is 12.9. The molecule has 0 aliphatic heterocycles. The summed E-state index contributed by atoms with van der Waals surface area (Å²) < 4.78 is 17.8. The Kier molecular flexibility index (Phi) is 3.66. The van der Waals surface area contributed by atoms with Crippen molar-refractivity contribution in [2.24, 2.45) is 0 Å². The predicted octanol–water partition coefficient (Wildman–Crippen LogP) is 2.16. The lowest BCUT2D eigenvalue weighted by molar-refractivity contribution is 0.0621. The number of benzene rings is 1. The molecular weight excluding hydrogens is 195 g/mol. The van der Waals surface area contributed by atoms with Gasteiger partial charge in [0.1, 0.15) is 11.9 Å². The van der Waals surface area contributed by atoms with Crippen LogP contribution in [-0.2, 0) is 4.74 Å². The Bertz CT molecular complexity index is 291. The Hall–Kier alpha value is -0.640. The Morgan fingerprint density at radius 3 is 2.85 bits per heavy atom. The van der Waals surface area contributed by atoms with E-state index >= 15 is 0 Å². The third-order valence-electron chi connectivity index (χ3n) is 1.65. The van der Waals surface area contributed by atoms with Crippen molar-refractivity contribution in [2.45, 2.75) is 6.10 Å². The minimum absolute atomic E-state index is 0.0680. The first-order valence-electron chi connectivity index (χ1n) is 3.77. The van der Waals surface area contributed by atoms with Crippen molar-refractivity contribution < 1.29 is 14.2 Å². The zero-order valence-electron chi connectivity index (χ0n) is 7.13. The van der Waals surface area contributed by atoms with Crippen LogP contribution < -0.4 is 0 Å². The highest BCUT2D eigenvalue weighted by Crippen LogP contribution is 2.20. The van der Waals surface area contributed by atoms with Crippen LogP contribution in [0.3, 0.4) is 0 Å². The van der Waals surface area contributed by atoms with E-state index in [1.54, 1.807) is 0 Å². The molecular formula is C9H10ClFO2. The summed E-state index contributed by atoms with van der Waals surface area (Å²) >= 11 is 5.55. The van der Waals surface area contributed by atoms with Crippen LogP contribution in [0.2, 0.25) is 5.02 Å². The number of hydrogen-bond acceptors (Lipinski definition) is 2. The van der Waals surface area contributed by atoms with E-state index in [0.29, 0.717) is 5.02 Å². The highest BCUT2D eigenvalue weighted by Gasteiger charge is 2.12. The molecule has 0 aliphatic carbocycles. The Morgan fingerprint density at radius 2 is 2.31 bits per heavy atom. The summed E-state index contributed by atoms with van der Waals surface area (Å²) in [6.07, 6.45) is -0.942. The van der Waals surface area contributed by atoms with E-state index in [0.717, 1.165) is 6.07 Å². The van der Waals surface area contributed by atoms with Gasteiger partial charge in [0.05, 0.1) is 6.61 Å². The fourth-order valence-electron chi connectivity index (χ4n) is 1.02. The van der Waals surface area contributed by atoms with Gasteiger partial charge in [0.15, 0.2) is 0 Å². The second-order valence-electron chi connectivity index (χ2n) is 2.64. The first-order valence-corrected chi connectivity index (χ1v) is 4.15. The van der Waals surface area contributed by atoms with E-state index in [2.05, 4.69) is 0 Å². The molecule has 1 rings (SSSR count). The molecule has 1 unspecified atom stereocenters. The molecule has 0 saturated carbocycles. The van der Waals surface area contributed by atoms with Crippen LogP contribution in [0.15, 0.2) is 18.2 Å². The van der Waals surface area contributed by atoms with Crippen LogP contribution in [0.4, 0.5) is 4.39 Å². The third kappa shape index (κ3) is 2.66. The average molecular weight is 205 g/mol. The summed E-state index contributed by atoms with van der Waals surface area (Å²) in [5, 5.41) is 9.70. The van der Waals surface area contributed by atoms with Gasteiger partial charge in [0, 0.05) is 17.7 Å². The Morgan fingerprint density at radius 1 is 1.62 bits per heavy atom. The number of aliphatic hydroxyl groups is 1. The summed E-state index contributed by atoms with van der Waals surface area (Å²) in [5.41, 5.74) is 0.200. The van der Waals surface area contributed by atoms with Crippen molar-refractivity contribution in [2.75, 3.05) is 13.7 Å². The molecule has 1 aromatic rings. The highest BCUT2D eigenvalue weighted by molar-refractivity contribution is 6.30. The molecule has 0 spiro atoms. The second-order valence-corrected chi connectivity index (χ2v) is 3.07. The lowest BCUT2D eigenvalue weighted by atomic mass is 10.1. The van der Waals surface area contributed by atoms with E-state index in [4.69, 9.17) is 16.3 Å². The molecule has 0 amide bonds. The van der Waals surface area contributed by atoms with Gasteiger partial charge in [-0.1, -0.05) is 17.7 Å². The summed E-state index contributed by atoms with van der Waals surface area (Å²) in [4.78, 5) is 0. The molecule has 72 valence electrons. The van der Waals surface area contributed by atoms with Crippen LogP contribution in [0, 0.1) is 5.82 Å². The first-order chi connectivity index (χ1) is 6.15. The smallest absolute Gasteiger partial charge is 0.130 e. The molecule has 1 aromatic carbocycles. The summed E-state index contributed by atoms with van der Waals surface area (Å²) in [6, 6.07) is 4.13. The van der Waals surface area contributed by atoms with Crippen molar-refractivity contribution in [3.63, 3.8) is 0 Å². The maximum atomic E-state index is 13.1. The molecule has 1 N–H and O–H groups in total. The van der Waals surface area contributed by atoms with Crippen LogP contribution in [0.5, 0.6) is 0 Å². The monoisotopic (exact) mass is 204 g/mol. The van der Waals surface area contributed by atoms with Gasteiger partial charge in [-0.3, -0.25) is 0 Å². The molecule has 0 fully saturated rings. The zero-order chi connectivity index (χ0) is 9.84. The van der Waals surface area contributed by atoms with Crippen LogP contribution in [0.1, 0.15) is 11.7 Å². The first kappa shape index (κ1) is 10.4. The molecule has 4 heteroatoms. The SMILES string of the molecule is COCC(O)c1ccc(Cl)cc1F. The van der Waals surface area contributed by atoms with E-state index in [1.807, 2.05) is 0 Å². The van der Waals surface area contributed by atoms with Gasteiger partial charge in [-0.15, -0.1) is 0 Å². The van der Waals surface area contributed by atoms with Crippen molar-refractivity contribution in [3.05, 3.63) is 34.6 Å². The number of hydrogen-bond donors (Lipinski definition) is 1. The number of ether oxygens (including phenoxy) is 1. The van der Waals surface area contributed by atoms with Gasteiger partial charge >= 0.3 is 0 Å². The third-order valence-corrected chi connectivity index (χ3v) is 1.88. The molecule has 0 saturated heterocycles. The van der Waals surface area contributed by atoms with Gasteiger partial charge in [-0.2, -0.15) is 0 Å². The van der Waals surface area contributed by atoms with Gasteiger partial charge in [-0.05, 0) is 12.1 Å². The van der Waals surface area contributed by atoms with Crippen molar-refractivity contribution in [1.82, 2.24) is 0 Å². The zero-order valence-corrected chi connectivity index (χ0v) is 7.88. The highest BCUT2D eigenvalue weighted by atomic mass is 35.5. The Labute approximate surface area is 80.9 Å². The summed E-state index contributed by atoms with van der Waals surface area (Å²) in [7, 11) is 1.44. The van der Waals surface area contributed by atoms with Crippen molar-refractivity contribution in [3.8, 4) is 0 Å². The number of aliphatic hydroxyl groups excluding tert-OH is 1. The standard InChI is InChI=1S/C9H10ClFO2/c1-13-5-9(12)7-3-2-6(10)4-8(7)11/h2-4,9,12H,5H2,1H3. The predicted molar refractivity (Wildman–Crippen MR) is 48.2 cm³/mol. The molecule has 1 atom stereocenters. The van der Waals surface area contributed by atoms with Gasteiger partial charge in [-0.25, -0.2) is 4.39 Å². The average Bonchev–Trinajstić information content (AvgIpc) is 2.04. The molecule has 0 bridgehead atoms. The fraction of sp³-hybridized carbons (Fsp3) is 0.333. The van der Waals surface area contributed by atoms with E-state index in [1.165, 1.54) is 19.2 Å². The van der Waals surface area contributed by atoms with Crippen LogP contribution in [0.25, 0.3) is 0 Å². The van der Waals surface area contributed by atoms with Crippen molar-refractivity contribution in [1.29, 1.82) is 0 Å². The number of halogens is 2. The minimum atomic E-state index is -0.942. The lowest BCUT2D eigenvalue weighted by Crippen LogP contribution is -2.07. The Balaban J connectivity index is 2.88. The number of rotatable bonds is 3. The molecule has 0 aliphatic rings. The largest absolute Gasteiger partial charge is 0.386 e. The fourth-order valence-corrected chi connectivity index (χ4v) is 1.18. The summed E-state index contributed by atoms with van der Waals surface area (Å²) in [5.74, 6) is -0.517. The van der Waals surface area contributed by atoms with Crippen LogP contribution >= 0.6 is 11.6 Å². The molecule has 0 heterocycles. The molecule has 2 nitrogen and oxygen atoms in total. The van der Waals surface area contributed by atoms with Gasteiger partial charge in [0.25, 0.3) is 0 Å². The van der Waals surface area contributed by atoms with Gasteiger partial charge < -0.3 is 9.84 Å². The second kappa shape index (κ2) is 4.56. The molecule has 0 aromatic heterocycles. The molecule has 13 heavy (non-hydrogen) atoms. The molecule has 0 radical (unpaired) electrons. The van der Waals surface area contributed by atoms with E-state index in [9.17, 15) is 9.50 Å². The van der Waals surface area contributed by atoms with E-state index in [-0.39, 0.29) is 12.2 Å². The quantitative estimate of drug-likeness (QED) is 0.818.